The van der Waals surface area contributed by atoms with Gasteiger partial charge in [0.1, 0.15) is 11.9 Å². The van der Waals surface area contributed by atoms with Crippen molar-refractivity contribution in [1.82, 2.24) is 14.5 Å². The summed E-state index contributed by atoms with van der Waals surface area (Å²) in [6, 6.07) is 4.69. The maximum Gasteiger partial charge on any atom is 0.129 e. The van der Waals surface area contributed by atoms with Crippen molar-refractivity contribution < 1.29 is 0 Å². The molecule has 5 nitrogen and oxygen atoms in total. The van der Waals surface area contributed by atoms with E-state index in [-0.39, 0.29) is 0 Å². The monoisotopic (exact) mass is 267 g/mol. The summed E-state index contributed by atoms with van der Waals surface area (Å²) in [7, 11) is 0. The van der Waals surface area contributed by atoms with Crippen molar-refractivity contribution >= 4 is 5.82 Å². The molecule has 1 aliphatic rings. The van der Waals surface area contributed by atoms with E-state index in [0.717, 1.165) is 36.6 Å². The Labute approximate surface area is 118 Å². The van der Waals surface area contributed by atoms with E-state index in [9.17, 15) is 0 Å². The lowest BCUT2D eigenvalue weighted by Gasteiger charge is -2.19. The second kappa shape index (κ2) is 4.97. The molecule has 3 heterocycles. The lowest BCUT2D eigenvalue weighted by atomic mass is 10.1. The van der Waals surface area contributed by atoms with Crippen LogP contribution in [0.1, 0.15) is 29.3 Å². The van der Waals surface area contributed by atoms with Gasteiger partial charge in [-0.05, 0) is 31.9 Å². The molecule has 1 atom stereocenters. The first-order valence-corrected chi connectivity index (χ1v) is 6.80. The summed E-state index contributed by atoms with van der Waals surface area (Å²) in [6.45, 7) is 5.80. The van der Waals surface area contributed by atoms with Gasteiger partial charge in [-0.25, -0.2) is 9.97 Å². The quantitative estimate of drug-likeness (QED) is 0.837. The third kappa shape index (κ3) is 2.14. The molecular formula is C15H17N5. The highest BCUT2D eigenvalue weighted by Gasteiger charge is 2.25. The average Bonchev–Trinajstić information content (AvgIpc) is 3.09. The smallest absolute Gasteiger partial charge is 0.129 e. The van der Waals surface area contributed by atoms with Crippen molar-refractivity contribution in [3.05, 3.63) is 41.6 Å². The van der Waals surface area contributed by atoms with Crippen LogP contribution in [0.25, 0.3) is 0 Å². The molecule has 0 amide bonds. The Morgan fingerprint density at radius 2 is 2.25 bits per heavy atom. The van der Waals surface area contributed by atoms with E-state index in [1.807, 2.05) is 38.6 Å². The highest BCUT2D eigenvalue weighted by Crippen LogP contribution is 2.27. The SMILES string of the molecule is Cc1cc(N2CCC(n3ccnc3)C2)nc(C)c1C#N. The third-order valence-corrected chi connectivity index (χ3v) is 3.93. The highest BCUT2D eigenvalue weighted by molar-refractivity contribution is 5.50. The predicted octanol–water partition coefficient (Wildman–Crippen LogP) is 2.22. The van der Waals surface area contributed by atoms with Gasteiger partial charge in [0.25, 0.3) is 0 Å². The Hall–Kier alpha value is -2.35. The Balaban J connectivity index is 1.83. The summed E-state index contributed by atoms with van der Waals surface area (Å²) in [6.07, 6.45) is 6.79. The minimum atomic E-state index is 0.454. The number of hydrogen-bond acceptors (Lipinski definition) is 4. The third-order valence-electron chi connectivity index (χ3n) is 3.93. The molecule has 102 valence electrons. The maximum atomic E-state index is 9.11. The van der Waals surface area contributed by atoms with E-state index >= 15 is 0 Å². The normalized spacial score (nSPS) is 18.2. The van der Waals surface area contributed by atoms with Gasteiger partial charge >= 0.3 is 0 Å². The van der Waals surface area contributed by atoms with Crippen molar-refractivity contribution in [3.8, 4) is 6.07 Å². The standard InChI is InChI=1S/C15H17N5/c1-11-7-15(18-12(2)14(11)8-16)19-5-3-13(9-19)20-6-4-17-10-20/h4,6-7,10,13H,3,5,9H2,1-2H3. The van der Waals surface area contributed by atoms with Crippen molar-refractivity contribution in [1.29, 1.82) is 5.26 Å². The van der Waals surface area contributed by atoms with Gasteiger partial charge in [0.15, 0.2) is 0 Å². The minimum Gasteiger partial charge on any atom is -0.354 e. The van der Waals surface area contributed by atoms with Crippen LogP contribution in [0, 0.1) is 25.2 Å². The lowest BCUT2D eigenvalue weighted by molar-refractivity contribution is 0.551. The Bertz CT molecular complexity index is 630. The first-order chi connectivity index (χ1) is 9.69. The first-order valence-electron chi connectivity index (χ1n) is 6.80. The van der Waals surface area contributed by atoms with E-state index in [2.05, 4.69) is 25.5 Å². The van der Waals surface area contributed by atoms with Crippen LogP contribution in [0.3, 0.4) is 0 Å². The summed E-state index contributed by atoms with van der Waals surface area (Å²) >= 11 is 0. The zero-order valence-corrected chi connectivity index (χ0v) is 11.7. The van der Waals surface area contributed by atoms with Gasteiger partial charge < -0.3 is 9.47 Å². The molecule has 1 saturated heterocycles. The fourth-order valence-electron chi connectivity index (χ4n) is 2.82. The molecule has 1 aliphatic heterocycles. The van der Waals surface area contributed by atoms with Crippen LogP contribution in [-0.2, 0) is 0 Å². The molecule has 20 heavy (non-hydrogen) atoms. The van der Waals surface area contributed by atoms with Crippen LogP contribution < -0.4 is 4.90 Å². The molecule has 2 aromatic heterocycles. The summed E-state index contributed by atoms with van der Waals surface area (Å²) in [5.41, 5.74) is 2.51. The molecular weight excluding hydrogens is 250 g/mol. The average molecular weight is 267 g/mol. The molecule has 5 heteroatoms. The van der Waals surface area contributed by atoms with Gasteiger partial charge in [-0.3, -0.25) is 0 Å². The topological polar surface area (TPSA) is 57.7 Å². The van der Waals surface area contributed by atoms with Crippen molar-refractivity contribution in [2.24, 2.45) is 0 Å². The fraction of sp³-hybridized carbons (Fsp3) is 0.400. The van der Waals surface area contributed by atoms with E-state index in [4.69, 9.17) is 5.26 Å². The Morgan fingerprint density at radius 3 is 2.90 bits per heavy atom. The zero-order valence-electron chi connectivity index (χ0n) is 11.7. The summed E-state index contributed by atoms with van der Waals surface area (Å²) in [4.78, 5) is 11.0. The number of aromatic nitrogens is 3. The number of aryl methyl sites for hydroxylation is 2. The molecule has 2 aromatic rings. The molecule has 1 fully saturated rings. The number of hydrogen-bond donors (Lipinski definition) is 0. The second-order valence-corrected chi connectivity index (χ2v) is 5.27. The molecule has 0 spiro atoms. The van der Waals surface area contributed by atoms with Crippen molar-refractivity contribution in [2.75, 3.05) is 18.0 Å². The highest BCUT2D eigenvalue weighted by atomic mass is 15.2. The largest absolute Gasteiger partial charge is 0.354 e. The van der Waals surface area contributed by atoms with Crippen LogP contribution in [0.5, 0.6) is 0 Å². The number of imidazole rings is 1. The van der Waals surface area contributed by atoms with Gasteiger partial charge in [0, 0.05) is 25.5 Å². The maximum absolute atomic E-state index is 9.11. The van der Waals surface area contributed by atoms with Crippen LogP contribution in [-0.4, -0.2) is 27.6 Å². The van der Waals surface area contributed by atoms with Crippen LogP contribution in [0.4, 0.5) is 5.82 Å². The molecule has 0 N–H and O–H groups in total. The van der Waals surface area contributed by atoms with Gasteiger partial charge in [0.2, 0.25) is 0 Å². The summed E-state index contributed by atoms with van der Waals surface area (Å²) < 4.78 is 2.16. The fourth-order valence-corrected chi connectivity index (χ4v) is 2.82. The minimum absolute atomic E-state index is 0.454. The van der Waals surface area contributed by atoms with Crippen molar-refractivity contribution in [3.63, 3.8) is 0 Å². The molecule has 0 bridgehead atoms. The van der Waals surface area contributed by atoms with E-state index in [1.165, 1.54) is 0 Å². The Kier molecular flexibility index (Phi) is 3.15. The lowest BCUT2D eigenvalue weighted by Crippen LogP contribution is -2.22. The number of rotatable bonds is 2. The van der Waals surface area contributed by atoms with E-state index in [0.29, 0.717) is 11.6 Å². The van der Waals surface area contributed by atoms with Crippen LogP contribution in [0.15, 0.2) is 24.8 Å². The van der Waals surface area contributed by atoms with Crippen LogP contribution in [0.2, 0.25) is 0 Å². The van der Waals surface area contributed by atoms with Crippen LogP contribution >= 0.6 is 0 Å². The van der Waals surface area contributed by atoms with Crippen molar-refractivity contribution in [2.45, 2.75) is 26.3 Å². The molecule has 1 unspecified atom stereocenters. The number of pyridine rings is 1. The van der Waals surface area contributed by atoms with Gasteiger partial charge in [0.05, 0.1) is 23.6 Å². The number of nitrogens with zero attached hydrogens (tertiary/aromatic N) is 5. The molecule has 0 aromatic carbocycles. The molecule has 3 rings (SSSR count). The van der Waals surface area contributed by atoms with Gasteiger partial charge in [-0.1, -0.05) is 0 Å². The zero-order chi connectivity index (χ0) is 14.1. The number of nitriles is 1. The second-order valence-electron chi connectivity index (χ2n) is 5.27. The predicted molar refractivity (Wildman–Crippen MR) is 76.5 cm³/mol. The summed E-state index contributed by atoms with van der Waals surface area (Å²) in [5.74, 6) is 0.974. The number of anilines is 1. The first kappa shape index (κ1) is 12.7. The Morgan fingerprint density at radius 1 is 1.40 bits per heavy atom. The summed E-state index contributed by atoms with van der Waals surface area (Å²) in [5, 5.41) is 9.11. The van der Waals surface area contributed by atoms with E-state index < -0.39 is 0 Å². The molecule has 0 aliphatic carbocycles. The van der Waals surface area contributed by atoms with E-state index in [1.54, 1.807) is 0 Å². The van der Waals surface area contributed by atoms with Gasteiger partial charge in [-0.2, -0.15) is 5.26 Å². The van der Waals surface area contributed by atoms with Gasteiger partial charge in [-0.15, -0.1) is 0 Å². The molecule has 0 radical (unpaired) electrons. The molecule has 0 saturated carbocycles.